The predicted octanol–water partition coefficient (Wildman–Crippen LogP) is 1.52. The Balaban J connectivity index is 1.89. The Bertz CT molecular complexity index is 970. The van der Waals surface area contributed by atoms with Crippen LogP contribution in [0.15, 0.2) is 45.6 Å². The summed E-state index contributed by atoms with van der Waals surface area (Å²) in [6.07, 6.45) is 0. The Morgan fingerprint density at radius 3 is 2.67 bits per heavy atom. The van der Waals surface area contributed by atoms with Crippen molar-refractivity contribution in [1.82, 2.24) is 4.57 Å². The minimum absolute atomic E-state index is 0.0130. The van der Waals surface area contributed by atoms with Gasteiger partial charge in [-0.05, 0) is 29.8 Å². The van der Waals surface area contributed by atoms with Crippen LogP contribution in [-0.2, 0) is 11.3 Å². The third-order valence-electron chi connectivity index (χ3n) is 3.37. The van der Waals surface area contributed by atoms with Crippen molar-refractivity contribution in [3.05, 3.63) is 52.5 Å². The highest BCUT2D eigenvalue weighted by Gasteiger charge is 2.12. The van der Waals surface area contributed by atoms with Crippen LogP contribution in [0.2, 0.25) is 0 Å². The van der Waals surface area contributed by atoms with Crippen molar-refractivity contribution < 1.29 is 29.3 Å². The summed E-state index contributed by atoms with van der Waals surface area (Å²) < 4.78 is 11.3. The quantitative estimate of drug-likeness (QED) is 0.648. The molecule has 0 fully saturated rings. The summed E-state index contributed by atoms with van der Waals surface area (Å²) in [4.78, 5) is 22.4. The number of aromatic hydroxyl groups is 2. The minimum Gasteiger partial charge on any atom is -0.508 e. The van der Waals surface area contributed by atoms with Crippen LogP contribution in [0.25, 0.3) is 11.1 Å². The number of nitrogens with zero attached hydrogens (tertiary/aromatic N) is 1. The minimum atomic E-state index is -1.15. The van der Waals surface area contributed by atoms with E-state index in [1.54, 1.807) is 12.1 Å². The highest BCUT2D eigenvalue weighted by atomic mass is 16.5. The number of oxazole rings is 1. The number of carbonyl (C=O) groups is 1. The maximum absolute atomic E-state index is 11.9. The van der Waals surface area contributed by atoms with Crippen molar-refractivity contribution >= 4 is 17.1 Å². The smallest absolute Gasteiger partial charge is 0.420 e. The fourth-order valence-corrected chi connectivity index (χ4v) is 2.31. The van der Waals surface area contributed by atoms with E-state index in [-0.39, 0.29) is 29.4 Å². The molecule has 0 spiro atoms. The number of aromatic nitrogens is 1. The molecule has 0 amide bonds. The number of phenolic OH excluding ortho intramolecular Hbond substituents is 2. The Labute approximate surface area is 134 Å². The highest BCUT2D eigenvalue weighted by molar-refractivity contribution is 5.74. The molecule has 2 aromatic carbocycles. The summed E-state index contributed by atoms with van der Waals surface area (Å²) in [6.45, 7) is -0.439. The van der Waals surface area contributed by atoms with E-state index >= 15 is 0 Å². The number of fused-ring (bicyclic) bond motifs is 1. The molecular formula is C16H13NO7. The van der Waals surface area contributed by atoms with Gasteiger partial charge in [-0.15, -0.1) is 0 Å². The molecular weight excluding hydrogens is 318 g/mol. The molecule has 0 aliphatic rings. The van der Waals surface area contributed by atoms with Crippen LogP contribution in [-0.4, -0.2) is 32.5 Å². The standard InChI is InChI=1S/C16H13NO7/c18-10-2-3-11-14(6-10)24-16(22)17(11)7-9-1-4-13(12(19)5-9)23-8-15(20)21/h1-6,18-19H,7-8H2,(H,20,21). The van der Waals surface area contributed by atoms with E-state index in [2.05, 4.69) is 0 Å². The van der Waals surface area contributed by atoms with E-state index in [4.69, 9.17) is 14.3 Å². The number of benzene rings is 2. The third-order valence-corrected chi connectivity index (χ3v) is 3.37. The fraction of sp³-hybridized carbons (Fsp3) is 0.125. The van der Waals surface area contributed by atoms with Crippen LogP contribution in [0.3, 0.4) is 0 Å². The summed E-state index contributed by atoms with van der Waals surface area (Å²) in [5.41, 5.74) is 1.35. The van der Waals surface area contributed by atoms with Gasteiger partial charge in [-0.1, -0.05) is 6.07 Å². The number of hydrogen-bond donors (Lipinski definition) is 3. The van der Waals surface area contributed by atoms with Gasteiger partial charge in [-0.3, -0.25) is 4.57 Å². The summed E-state index contributed by atoms with van der Waals surface area (Å²) in [5.74, 6) is -1.96. The number of aliphatic carboxylic acids is 1. The molecule has 8 nitrogen and oxygen atoms in total. The van der Waals surface area contributed by atoms with Crippen molar-refractivity contribution in [2.24, 2.45) is 0 Å². The van der Waals surface area contributed by atoms with E-state index in [0.29, 0.717) is 11.1 Å². The van der Waals surface area contributed by atoms with Gasteiger partial charge in [0.2, 0.25) is 0 Å². The summed E-state index contributed by atoms with van der Waals surface area (Å²) in [5, 5.41) is 27.9. The first-order valence-electron chi connectivity index (χ1n) is 6.93. The summed E-state index contributed by atoms with van der Waals surface area (Å²) in [7, 11) is 0. The Morgan fingerprint density at radius 2 is 1.96 bits per heavy atom. The maximum Gasteiger partial charge on any atom is 0.420 e. The van der Waals surface area contributed by atoms with Gasteiger partial charge in [0.05, 0.1) is 12.1 Å². The molecule has 3 aromatic rings. The first-order chi connectivity index (χ1) is 11.4. The van der Waals surface area contributed by atoms with Crippen molar-refractivity contribution in [1.29, 1.82) is 0 Å². The lowest BCUT2D eigenvalue weighted by atomic mass is 10.2. The lowest BCUT2D eigenvalue weighted by Crippen LogP contribution is -2.15. The molecule has 124 valence electrons. The number of carboxylic acid groups (broad SMARTS) is 1. The van der Waals surface area contributed by atoms with Crippen molar-refractivity contribution in [2.45, 2.75) is 6.54 Å². The van der Waals surface area contributed by atoms with Crippen molar-refractivity contribution in [2.75, 3.05) is 6.61 Å². The van der Waals surface area contributed by atoms with Crippen LogP contribution < -0.4 is 10.5 Å². The molecule has 0 unspecified atom stereocenters. The molecule has 0 saturated carbocycles. The predicted molar refractivity (Wildman–Crippen MR) is 82.5 cm³/mol. The zero-order chi connectivity index (χ0) is 17.3. The molecule has 1 aromatic heterocycles. The second-order valence-corrected chi connectivity index (χ2v) is 5.09. The van der Waals surface area contributed by atoms with Crippen LogP contribution in [0, 0.1) is 0 Å². The first kappa shape index (κ1) is 15.5. The Morgan fingerprint density at radius 1 is 1.17 bits per heavy atom. The molecule has 24 heavy (non-hydrogen) atoms. The number of phenols is 2. The average Bonchev–Trinajstić information content (AvgIpc) is 2.81. The molecule has 0 saturated heterocycles. The molecule has 8 heteroatoms. The average molecular weight is 331 g/mol. The van der Waals surface area contributed by atoms with E-state index in [0.717, 1.165) is 0 Å². The van der Waals surface area contributed by atoms with Gasteiger partial charge in [-0.2, -0.15) is 0 Å². The van der Waals surface area contributed by atoms with E-state index in [1.807, 2.05) is 0 Å². The molecule has 0 aliphatic heterocycles. The Hall–Kier alpha value is -3.42. The van der Waals surface area contributed by atoms with Crippen molar-refractivity contribution in [3.8, 4) is 17.2 Å². The fourth-order valence-electron chi connectivity index (χ4n) is 2.31. The highest BCUT2D eigenvalue weighted by Crippen LogP contribution is 2.27. The molecule has 0 aliphatic carbocycles. The SMILES string of the molecule is O=C(O)COc1ccc(Cn2c(=O)oc3cc(O)ccc32)cc1O. The summed E-state index contributed by atoms with van der Waals surface area (Å²) in [6, 6.07) is 8.74. The Kier molecular flexibility index (Phi) is 3.87. The topological polar surface area (TPSA) is 122 Å². The molecule has 0 bridgehead atoms. The number of ether oxygens (including phenoxy) is 1. The number of rotatable bonds is 5. The van der Waals surface area contributed by atoms with Gasteiger partial charge in [0.25, 0.3) is 0 Å². The van der Waals surface area contributed by atoms with E-state index < -0.39 is 18.3 Å². The van der Waals surface area contributed by atoms with Crippen LogP contribution in [0.1, 0.15) is 5.56 Å². The zero-order valence-electron chi connectivity index (χ0n) is 12.3. The largest absolute Gasteiger partial charge is 0.508 e. The zero-order valence-corrected chi connectivity index (χ0v) is 12.3. The number of carboxylic acids is 1. The van der Waals surface area contributed by atoms with Crippen LogP contribution >= 0.6 is 0 Å². The lowest BCUT2D eigenvalue weighted by Gasteiger charge is -2.08. The van der Waals surface area contributed by atoms with Gasteiger partial charge >= 0.3 is 11.7 Å². The van der Waals surface area contributed by atoms with Gasteiger partial charge in [-0.25, -0.2) is 9.59 Å². The van der Waals surface area contributed by atoms with Crippen LogP contribution in [0.4, 0.5) is 0 Å². The monoisotopic (exact) mass is 331 g/mol. The van der Waals surface area contributed by atoms with Crippen molar-refractivity contribution in [3.63, 3.8) is 0 Å². The van der Waals surface area contributed by atoms with Gasteiger partial charge in [0.15, 0.2) is 23.7 Å². The third kappa shape index (κ3) is 3.02. The maximum atomic E-state index is 11.9. The van der Waals surface area contributed by atoms with E-state index in [9.17, 15) is 19.8 Å². The first-order valence-corrected chi connectivity index (χ1v) is 6.93. The van der Waals surface area contributed by atoms with Gasteiger partial charge in [0.1, 0.15) is 5.75 Å². The van der Waals surface area contributed by atoms with Gasteiger partial charge < -0.3 is 24.5 Å². The molecule has 3 N–H and O–H groups in total. The molecule has 0 atom stereocenters. The lowest BCUT2D eigenvalue weighted by molar-refractivity contribution is -0.139. The van der Waals surface area contributed by atoms with Crippen LogP contribution in [0.5, 0.6) is 17.2 Å². The molecule has 0 radical (unpaired) electrons. The number of hydrogen-bond acceptors (Lipinski definition) is 6. The summed E-state index contributed by atoms with van der Waals surface area (Å²) >= 11 is 0. The van der Waals surface area contributed by atoms with E-state index in [1.165, 1.54) is 28.8 Å². The second-order valence-electron chi connectivity index (χ2n) is 5.09. The second kappa shape index (κ2) is 5.99. The molecule has 3 rings (SSSR count). The normalized spacial score (nSPS) is 10.8. The van der Waals surface area contributed by atoms with Gasteiger partial charge in [0, 0.05) is 6.07 Å². The molecule has 1 heterocycles.